The zero-order chi connectivity index (χ0) is 17.5. The van der Waals surface area contributed by atoms with E-state index in [0.29, 0.717) is 18.9 Å². The SMILES string of the molecule is N#C[C@@]1(C(=O)N[C@@H]2CCCN(C3CCCCC3)C2=O)CC12CCCC2. The van der Waals surface area contributed by atoms with Crippen LogP contribution in [0.3, 0.4) is 0 Å². The normalized spacial score (nSPS) is 34.8. The number of hydrogen-bond donors (Lipinski definition) is 1. The van der Waals surface area contributed by atoms with Crippen molar-refractivity contribution >= 4 is 11.8 Å². The molecule has 0 aromatic heterocycles. The van der Waals surface area contributed by atoms with Gasteiger partial charge in [-0.25, -0.2) is 0 Å². The summed E-state index contributed by atoms with van der Waals surface area (Å²) >= 11 is 0. The van der Waals surface area contributed by atoms with Crippen molar-refractivity contribution in [2.24, 2.45) is 10.8 Å². The molecular formula is C20H29N3O2. The van der Waals surface area contributed by atoms with Crippen LogP contribution >= 0.6 is 0 Å². The number of rotatable bonds is 3. The first-order chi connectivity index (χ1) is 12.1. The van der Waals surface area contributed by atoms with Crippen LogP contribution in [0.1, 0.15) is 77.0 Å². The van der Waals surface area contributed by atoms with Crippen LogP contribution in [0.4, 0.5) is 0 Å². The third-order valence-corrected chi connectivity index (χ3v) is 7.32. The lowest BCUT2D eigenvalue weighted by Gasteiger charge is -2.40. The molecule has 3 aliphatic carbocycles. The standard InChI is InChI=1S/C20H29N3O2/c21-14-20(13-19(20)10-4-5-11-19)18(25)22-16-9-6-12-23(17(16)24)15-7-2-1-3-8-15/h15-16H,1-13H2,(H,22,25)/t16-,20-/m1/s1. The van der Waals surface area contributed by atoms with Crippen LogP contribution in [0.2, 0.25) is 0 Å². The van der Waals surface area contributed by atoms with Crippen LogP contribution in [0.15, 0.2) is 0 Å². The quantitative estimate of drug-likeness (QED) is 0.856. The van der Waals surface area contributed by atoms with Crippen molar-refractivity contribution in [3.8, 4) is 6.07 Å². The molecule has 136 valence electrons. The second kappa shape index (κ2) is 6.30. The first-order valence-corrected chi connectivity index (χ1v) is 10.1. The van der Waals surface area contributed by atoms with E-state index in [1.54, 1.807) is 0 Å². The Bertz CT molecular complexity index is 599. The molecular weight excluding hydrogens is 314 g/mol. The Hall–Kier alpha value is -1.57. The van der Waals surface area contributed by atoms with Crippen LogP contribution in [-0.2, 0) is 9.59 Å². The smallest absolute Gasteiger partial charge is 0.245 e. The van der Waals surface area contributed by atoms with Crippen molar-refractivity contribution in [1.29, 1.82) is 5.26 Å². The summed E-state index contributed by atoms with van der Waals surface area (Å²) in [5, 5.41) is 12.7. The van der Waals surface area contributed by atoms with E-state index in [9.17, 15) is 14.9 Å². The molecule has 0 radical (unpaired) electrons. The maximum Gasteiger partial charge on any atom is 0.245 e. The van der Waals surface area contributed by atoms with Crippen LogP contribution in [-0.4, -0.2) is 35.3 Å². The minimum Gasteiger partial charge on any atom is -0.343 e. The Morgan fingerprint density at radius 3 is 2.48 bits per heavy atom. The summed E-state index contributed by atoms with van der Waals surface area (Å²) in [6, 6.07) is 2.26. The largest absolute Gasteiger partial charge is 0.343 e. The summed E-state index contributed by atoms with van der Waals surface area (Å²) in [5.41, 5.74) is -0.955. The molecule has 1 heterocycles. The van der Waals surface area contributed by atoms with E-state index < -0.39 is 11.5 Å². The molecule has 1 N–H and O–H groups in total. The van der Waals surface area contributed by atoms with Crippen molar-refractivity contribution in [2.75, 3.05) is 6.54 Å². The monoisotopic (exact) mass is 343 g/mol. The molecule has 1 aliphatic heterocycles. The molecule has 4 aliphatic rings. The zero-order valence-electron chi connectivity index (χ0n) is 15.1. The summed E-state index contributed by atoms with van der Waals surface area (Å²) in [5.74, 6) is -0.0959. The lowest BCUT2D eigenvalue weighted by Crippen LogP contribution is -2.56. The van der Waals surface area contributed by atoms with Gasteiger partial charge in [0.15, 0.2) is 0 Å². The Labute approximate surface area is 150 Å². The van der Waals surface area contributed by atoms with Gasteiger partial charge in [-0.1, -0.05) is 32.1 Å². The van der Waals surface area contributed by atoms with Gasteiger partial charge in [0.25, 0.3) is 0 Å². The molecule has 2 amide bonds. The minimum absolute atomic E-state index is 0.0840. The number of carbonyl (C=O) groups excluding carboxylic acids is 2. The van der Waals surface area contributed by atoms with E-state index in [2.05, 4.69) is 11.4 Å². The molecule has 0 aromatic rings. The van der Waals surface area contributed by atoms with Crippen LogP contribution < -0.4 is 5.32 Å². The predicted molar refractivity (Wildman–Crippen MR) is 93.3 cm³/mol. The summed E-state index contributed by atoms with van der Waals surface area (Å²) in [4.78, 5) is 27.9. The van der Waals surface area contributed by atoms with E-state index in [1.165, 1.54) is 19.3 Å². The fourth-order valence-electron chi connectivity index (χ4n) is 5.72. The van der Waals surface area contributed by atoms with Crippen molar-refractivity contribution in [1.82, 2.24) is 10.2 Å². The number of carbonyl (C=O) groups is 2. The van der Waals surface area contributed by atoms with Crippen LogP contribution in [0.5, 0.6) is 0 Å². The first-order valence-electron chi connectivity index (χ1n) is 10.1. The second-order valence-corrected chi connectivity index (χ2v) is 8.67. The van der Waals surface area contributed by atoms with E-state index >= 15 is 0 Å². The summed E-state index contributed by atoms with van der Waals surface area (Å²) in [7, 11) is 0. The molecule has 25 heavy (non-hydrogen) atoms. The summed E-state index contributed by atoms with van der Waals surface area (Å²) in [6.45, 7) is 0.823. The first kappa shape index (κ1) is 16.9. The third kappa shape index (κ3) is 2.65. The number of nitriles is 1. The summed E-state index contributed by atoms with van der Waals surface area (Å²) < 4.78 is 0. The second-order valence-electron chi connectivity index (χ2n) is 8.67. The van der Waals surface area contributed by atoms with Crippen molar-refractivity contribution in [2.45, 2.75) is 89.1 Å². The Morgan fingerprint density at radius 2 is 1.80 bits per heavy atom. The molecule has 5 nitrogen and oxygen atoms in total. The Balaban J connectivity index is 1.42. The van der Waals surface area contributed by atoms with E-state index in [0.717, 1.165) is 51.5 Å². The fraction of sp³-hybridized carbons (Fsp3) is 0.850. The molecule has 3 saturated carbocycles. The molecule has 4 fully saturated rings. The van der Waals surface area contributed by atoms with Gasteiger partial charge in [-0.3, -0.25) is 9.59 Å². The van der Waals surface area contributed by atoms with Gasteiger partial charge < -0.3 is 10.2 Å². The van der Waals surface area contributed by atoms with Crippen molar-refractivity contribution in [3.05, 3.63) is 0 Å². The van der Waals surface area contributed by atoms with Gasteiger partial charge >= 0.3 is 0 Å². The number of piperidine rings is 1. The van der Waals surface area contributed by atoms with Crippen LogP contribution in [0, 0.1) is 22.2 Å². The van der Waals surface area contributed by atoms with Gasteiger partial charge in [0, 0.05) is 18.0 Å². The van der Waals surface area contributed by atoms with Gasteiger partial charge in [-0.2, -0.15) is 5.26 Å². The lowest BCUT2D eigenvalue weighted by molar-refractivity contribution is -0.142. The highest BCUT2D eigenvalue weighted by Gasteiger charge is 2.73. The number of amides is 2. The number of likely N-dealkylation sites (tertiary alicyclic amines) is 1. The van der Waals surface area contributed by atoms with Crippen LogP contribution in [0.25, 0.3) is 0 Å². The molecule has 1 spiro atoms. The molecule has 5 heteroatoms. The highest BCUT2D eigenvalue weighted by atomic mass is 16.2. The highest BCUT2D eigenvalue weighted by molar-refractivity contribution is 5.94. The van der Waals surface area contributed by atoms with Gasteiger partial charge in [-0.05, 0) is 44.9 Å². The average molecular weight is 343 g/mol. The van der Waals surface area contributed by atoms with E-state index in [-0.39, 0.29) is 17.2 Å². The van der Waals surface area contributed by atoms with Crippen molar-refractivity contribution < 1.29 is 9.59 Å². The van der Waals surface area contributed by atoms with Gasteiger partial charge in [-0.15, -0.1) is 0 Å². The predicted octanol–water partition coefficient (Wildman–Crippen LogP) is 2.90. The third-order valence-electron chi connectivity index (χ3n) is 7.32. The Morgan fingerprint density at radius 1 is 1.08 bits per heavy atom. The maximum atomic E-state index is 12.9. The van der Waals surface area contributed by atoms with E-state index in [4.69, 9.17) is 0 Å². The Kier molecular flexibility index (Phi) is 4.25. The minimum atomic E-state index is -0.864. The molecule has 0 aromatic carbocycles. The fourth-order valence-corrected chi connectivity index (χ4v) is 5.72. The number of nitrogens with one attached hydrogen (secondary N) is 1. The summed E-state index contributed by atoms with van der Waals surface area (Å²) in [6.07, 6.45) is 12.4. The van der Waals surface area contributed by atoms with Gasteiger partial charge in [0.2, 0.25) is 11.8 Å². The molecule has 0 bridgehead atoms. The van der Waals surface area contributed by atoms with Gasteiger partial charge in [0.05, 0.1) is 6.07 Å². The molecule has 0 unspecified atom stereocenters. The van der Waals surface area contributed by atoms with Gasteiger partial charge in [0.1, 0.15) is 11.5 Å². The number of nitrogens with zero attached hydrogens (tertiary/aromatic N) is 2. The van der Waals surface area contributed by atoms with Crippen molar-refractivity contribution in [3.63, 3.8) is 0 Å². The average Bonchev–Trinajstić information content (AvgIpc) is 3.03. The highest BCUT2D eigenvalue weighted by Crippen LogP contribution is 2.71. The maximum absolute atomic E-state index is 12.9. The molecule has 2 atom stereocenters. The number of hydrogen-bond acceptors (Lipinski definition) is 3. The van der Waals surface area contributed by atoms with E-state index in [1.807, 2.05) is 4.90 Å². The zero-order valence-corrected chi connectivity index (χ0v) is 15.1. The topological polar surface area (TPSA) is 73.2 Å². The molecule has 1 saturated heterocycles. The molecule has 4 rings (SSSR count). The lowest BCUT2D eigenvalue weighted by atomic mass is 9.90.